The van der Waals surface area contributed by atoms with Crippen molar-refractivity contribution in [3.63, 3.8) is 0 Å². The smallest absolute Gasteiger partial charge is 0.269 e. The Labute approximate surface area is 199 Å². The van der Waals surface area contributed by atoms with Crippen LogP contribution in [0.15, 0.2) is 53.5 Å². The number of aliphatic imine (C=N–C) groups is 1. The van der Waals surface area contributed by atoms with Crippen molar-refractivity contribution in [1.29, 1.82) is 0 Å². The lowest BCUT2D eigenvalue weighted by molar-refractivity contribution is -0.384. The molecule has 2 rings (SSSR count). The first kappa shape index (κ1) is 26.6. The third kappa shape index (κ3) is 10.4. The maximum Gasteiger partial charge on any atom is 0.269 e. The van der Waals surface area contributed by atoms with Crippen molar-refractivity contribution < 1.29 is 19.5 Å². The van der Waals surface area contributed by atoms with Crippen LogP contribution in [0.25, 0.3) is 0 Å². The average molecular weight is 544 g/mol. The highest BCUT2D eigenvalue weighted by Crippen LogP contribution is 2.13. The van der Waals surface area contributed by atoms with E-state index in [4.69, 9.17) is 14.6 Å². The maximum absolute atomic E-state index is 10.8. The molecular formula is C21H29IN4O5. The molecule has 0 aliphatic carbocycles. The summed E-state index contributed by atoms with van der Waals surface area (Å²) >= 11 is 0. The van der Waals surface area contributed by atoms with Gasteiger partial charge in [-0.1, -0.05) is 24.3 Å². The molecule has 0 aliphatic rings. The molecule has 0 bridgehead atoms. The first-order chi connectivity index (χ1) is 14.6. The van der Waals surface area contributed by atoms with Gasteiger partial charge in [-0.2, -0.15) is 0 Å². The lowest BCUT2D eigenvalue weighted by Crippen LogP contribution is -2.40. The third-order valence-corrected chi connectivity index (χ3v) is 4.21. The Balaban J connectivity index is 0.00000480. The minimum atomic E-state index is -0.423. The summed E-state index contributed by atoms with van der Waals surface area (Å²) < 4.78 is 10.4. The Kier molecular flexibility index (Phi) is 13.2. The number of benzene rings is 2. The number of hydrogen-bond acceptors (Lipinski definition) is 6. The van der Waals surface area contributed by atoms with Crippen molar-refractivity contribution in [3.8, 4) is 5.75 Å². The zero-order valence-electron chi connectivity index (χ0n) is 17.5. The Morgan fingerprint density at radius 3 is 2.29 bits per heavy atom. The molecule has 2 aromatic carbocycles. The molecule has 0 amide bonds. The predicted octanol–water partition coefficient (Wildman–Crippen LogP) is 2.51. The minimum Gasteiger partial charge on any atom is -0.497 e. The molecule has 0 saturated carbocycles. The van der Waals surface area contributed by atoms with Gasteiger partial charge in [0.15, 0.2) is 5.96 Å². The van der Waals surface area contributed by atoms with Gasteiger partial charge < -0.3 is 25.2 Å². The van der Waals surface area contributed by atoms with Gasteiger partial charge in [0.1, 0.15) is 5.75 Å². The summed E-state index contributed by atoms with van der Waals surface area (Å²) in [6.07, 6.45) is 0.809. The van der Waals surface area contributed by atoms with Gasteiger partial charge >= 0.3 is 0 Å². The Morgan fingerprint density at radius 2 is 1.68 bits per heavy atom. The Bertz CT molecular complexity index is 800. The quantitative estimate of drug-likeness (QED) is 0.0939. The van der Waals surface area contributed by atoms with Crippen LogP contribution in [0.5, 0.6) is 5.75 Å². The van der Waals surface area contributed by atoms with E-state index in [2.05, 4.69) is 15.6 Å². The fraction of sp³-hybridized carbons (Fsp3) is 0.381. The number of aliphatic hydroxyl groups excluding tert-OH is 1. The molecule has 0 fully saturated rings. The monoisotopic (exact) mass is 544 g/mol. The van der Waals surface area contributed by atoms with Crippen molar-refractivity contribution in [2.24, 2.45) is 4.99 Å². The molecule has 0 atom stereocenters. The van der Waals surface area contributed by atoms with Crippen molar-refractivity contribution in [3.05, 3.63) is 69.8 Å². The number of guanidine groups is 1. The number of nitrogens with zero attached hydrogens (tertiary/aromatic N) is 2. The number of aliphatic hydroxyl groups is 1. The number of halogens is 1. The molecule has 170 valence electrons. The first-order valence-corrected chi connectivity index (χ1v) is 9.69. The Hall–Kier alpha value is -2.44. The fourth-order valence-corrected chi connectivity index (χ4v) is 2.59. The molecule has 0 unspecified atom stereocenters. The highest BCUT2D eigenvalue weighted by molar-refractivity contribution is 14.0. The summed E-state index contributed by atoms with van der Waals surface area (Å²) in [6.45, 7) is 2.32. The second-order valence-electron chi connectivity index (χ2n) is 6.38. The number of rotatable bonds is 12. The molecule has 0 aromatic heterocycles. The van der Waals surface area contributed by atoms with E-state index in [-0.39, 0.29) is 36.3 Å². The van der Waals surface area contributed by atoms with Crippen LogP contribution < -0.4 is 15.4 Å². The Morgan fingerprint density at radius 1 is 1.03 bits per heavy atom. The summed E-state index contributed by atoms with van der Waals surface area (Å²) in [4.78, 5) is 14.9. The number of nitrogens with one attached hydrogen (secondary N) is 2. The van der Waals surface area contributed by atoms with E-state index in [1.807, 2.05) is 24.3 Å². The van der Waals surface area contributed by atoms with Gasteiger partial charge in [0.05, 0.1) is 38.4 Å². The SMILES string of the molecule is COc1ccc(CCNC(=NCc2ccc([N+](=O)[O-])cc2)NCCOCCO)cc1.I. The minimum absolute atomic E-state index is 0. The van der Waals surface area contributed by atoms with E-state index in [0.717, 1.165) is 17.7 Å². The zero-order chi connectivity index (χ0) is 21.6. The van der Waals surface area contributed by atoms with E-state index in [9.17, 15) is 10.1 Å². The molecule has 9 nitrogen and oxygen atoms in total. The molecule has 0 saturated heterocycles. The van der Waals surface area contributed by atoms with Crippen LogP contribution in [0.2, 0.25) is 0 Å². The normalized spacial score (nSPS) is 10.8. The van der Waals surface area contributed by atoms with E-state index in [1.165, 1.54) is 17.7 Å². The van der Waals surface area contributed by atoms with E-state index < -0.39 is 4.92 Å². The van der Waals surface area contributed by atoms with Crippen molar-refractivity contribution in [2.45, 2.75) is 13.0 Å². The van der Waals surface area contributed by atoms with Gasteiger partial charge in [-0.15, -0.1) is 24.0 Å². The van der Waals surface area contributed by atoms with Gasteiger partial charge in [-0.25, -0.2) is 4.99 Å². The summed E-state index contributed by atoms with van der Waals surface area (Å²) in [5.74, 6) is 1.44. The summed E-state index contributed by atoms with van der Waals surface area (Å²) in [5, 5.41) is 26.0. The fourth-order valence-electron chi connectivity index (χ4n) is 2.59. The first-order valence-electron chi connectivity index (χ1n) is 9.69. The summed E-state index contributed by atoms with van der Waals surface area (Å²) in [5.41, 5.74) is 2.09. The van der Waals surface area contributed by atoms with Crippen molar-refractivity contribution >= 4 is 35.6 Å². The van der Waals surface area contributed by atoms with E-state index in [0.29, 0.717) is 38.8 Å². The van der Waals surface area contributed by atoms with Crippen LogP contribution >= 0.6 is 24.0 Å². The van der Waals surface area contributed by atoms with Crippen molar-refractivity contribution in [1.82, 2.24) is 10.6 Å². The van der Waals surface area contributed by atoms with Crippen LogP contribution in [-0.2, 0) is 17.7 Å². The van der Waals surface area contributed by atoms with Crippen molar-refractivity contribution in [2.75, 3.05) is 40.0 Å². The molecule has 31 heavy (non-hydrogen) atoms. The number of methoxy groups -OCH3 is 1. The highest BCUT2D eigenvalue weighted by Gasteiger charge is 2.04. The number of hydrogen-bond donors (Lipinski definition) is 3. The number of ether oxygens (including phenoxy) is 2. The highest BCUT2D eigenvalue weighted by atomic mass is 127. The van der Waals surface area contributed by atoms with E-state index >= 15 is 0 Å². The zero-order valence-corrected chi connectivity index (χ0v) is 19.8. The van der Waals surface area contributed by atoms with Gasteiger partial charge in [0, 0.05) is 25.2 Å². The molecule has 3 N–H and O–H groups in total. The molecule has 0 radical (unpaired) electrons. The van der Waals surface area contributed by atoms with Gasteiger partial charge in [-0.05, 0) is 29.7 Å². The van der Waals surface area contributed by atoms with Gasteiger partial charge in [0.2, 0.25) is 0 Å². The lowest BCUT2D eigenvalue weighted by atomic mass is 10.1. The molecular weight excluding hydrogens is 515 g/mol. The van der Waals surface area contributed by atoms with Crippen LogP contribution in [0.3, 0.4) is 0 Å². The molecule has 0 aliphatic heterocycles. The number of nitro groups is 1. The number of nitro benzene ring substituents is 1. The second-order valence-corrected chi connectivity index (χ2v) is 6.38. The predicted molar refractivity (Wildman–Crippen MR) is 130 cm³/mol. The average Bonchev–Trinajstić information content (AvgIpc) is 2.77. The van der Waals surface area contributed by atoms with Gasteiger partial charge in [-0.3, -0.25) is 10.1 Å². The standard InChI is InChI=1S/C21H28N4O5.HI/c1-29-20-8-4-17(5-9-20)10-11-22-21(23-12-14-30-15-13-26)24-16-18-2-6-19(7-3-18)25(27)28;/h2-9,26H,10-16H2,1H3,(H2,22,23,24);1H. The second kappa shape index (κ2) is 15.4. The maximum atomic E-state index is 10.8. The third-order valence-electron chi connectivity index (χ3n) is 4.21. The van der Waals surface area contributed by atoms with Gasteiger partial charge in [0.25, 0.3) is 5.69 Å². The van der Waals surface area contributed by atoms with Crippen LogP contribution in [0, 0.1) is 10.1 Å². The van der Waals surface area contributed by atoms with Crippen LogP contribution in [-0.4, -0.2) is 56.0 Å². The molecule has 0 heterocycles. The number of non-ortho nitro benzene ring substituents is 1. The van der Waals surface area contributed by atoms with E-state index in [1.54, 1.807) is 19.2 Å². The molecule has 2 aromatic rings. The summed E-state index contributed by atoms with van der Waals surface area (Å²) in [7, 11) is 1.64. The van der Waals surface area contributed by atoms with Crippen LogP contribution in [0.1, 0.15) is 11.1 Å². The summed E-state index contributed by atoms with van der Waals surface area (Å²) in [6, 6.07) is 14.2. The largest absolute Gasteiger partial charge is 0.497 e. The topological polar surface area (TPSA) is 118 Å². The molecule has 10 heteroatoms. The molecule has 0 spiro atoms. The van der Waals surface area contributed by atoms with Crippen LogP contribution in [0.4, 0.5) is 5.69 Å². The lowest BCUT2D eigenvalue weighted by Gasteiger charge is -2.13.